The van der Waals surface area contributed by atoms with Crippen LogP contribution in [0.15, 0.2) is 30.3 Å². The zero-order chi connectivity index (χ0) is 17.1. The Labute approximate surface area is 141 Å². The van der Waals surface area contributed by atoms with Crippen molar-refractivity contribution in [2.75, 3.05) is 6.54 Å². The van der Waals surface area contributed by atoms with E-state index in [2.05, 4.69) is 5.32 Å². The highest BCUT2D eigenvalue weighted by molar-refractivity contribution is 5.92. The fourth-order valence-corrected chi connectivity index (χ4v) is 3.70. The summed E-state index contributed by atoms with van der Waals surface area (Å²) in [4.78, 5) is 38.3. The normalized spacial score (nSPS) is 22.6. The number of hydrogen-bond acceptors (Lipinski definition) is 3. The summed E-state index contributed by atoms with van der Waals surface area (Å²) < 4.78 is 0. The van der Waals surface area contributed by atoms with Gasteiger partial charge in [-0.15, -0.1) is 0 Å². The monoisotopic (exact) mass is 329 g/mol. The molecule has 0 radical (unpaired) electrons. The Morgan fingerprint density at radius 3 is 2.46 bits per heavy atom. The molecule has 0 aromatic heterocycles. The minimum Gasteiger partial charge on any atom is -0.368 e. The van der Waals surface area contributed by atoms with Gasteiger partial charge in [0, 0.05) is 19.0 Å². The van der Waals surface area contributed by atoms with E-state index < -0.39 is 17.9 Å². The lowest BCUT2D eigenvalue weighted by molar-refractivity contribution is -0.131. The fraction of sp³-hybridized carbons (Fsp3) is 0.500. The Balaban J connectivity index is 1.65. The maximum atomic E-state index is 12.5. The third kappa shape index (κ3) is 3.42. The van der Waals surface area contributed by atoms with Crippen molar-refractivity contribution >= 4 is 17.7 Å². The predicted molar refractivity (Wildman–Crippen MR) is 88.6 cm³/mol. The number of hydrogen-bond donors (Lipinski definition) is 2. The summed E-state index contributed by atoms with van der Waals surface area (Å²) in [6.07, 6.45) is 4.54. The van der Waals surface area contributed by atoms with Gasteiger partial charge in [0.2, 0.25) is 17.7 Å². The second-order valence-electron chi connectivity index (χ2n) is 6.64. The van der Waals surface area contributed by atoms with Crippen LogP contribution >= 0.6 is 0 Å². The van der Waals surface area contributed by atoms with Crippen molar-refractivity contribution in [3.63, 3.8) is 0 Å². The Morgan fingerprint density at radius 2 is 1.83 bits per heavy atom. The summed E-state index contributed by atoms with van der Waals surface area (Å²) in [5, 5.41) is 2.71. The third-order valence-electron chi connectivity index (χ3n) is 5.00. The van der Waals surface area contributed by atoms with Gasteiger partial charge in [-0.2, -0.15) is 0 Å². The standard InChI is InChI=1S/C18H23N3O3/c19-17(23)16(12-6-2-1-3-7-12)20-18(24)13-10-15(22)21(11-13)14-8-4-5-9-14/h1-3,6-7,13-14,16H,4-5,8-11H2,(H2,19,23)(H,20,24)/t13-,16-/m1/s1. The van der Waals surface area contributed by atoms with Gasteiger partial charge in [0.25, 0.3) is 0 Å². The van der Waals surface area contributed by atoms with E-state index in [-0.39, 0.29) is 24.3 Å². The summed E-state index contributed by atoms with van der Waals surface area (Å²) in [5.41, 5.74) is 6.09. The van der Waals surface area contributed by atoms with Gasteiger partial charge in [0.05, 0.1) is 5.92 Å². The van der Waals surface area contributed by atoms with Gasteiger partial charge in [0.1, 0.15) is 6.04 Å². The average molecular weight is 329 g/mol. The molecule has 0 spiro atoms. The quantitative estimate of drug-likeness (QED) is 0.848. The van der Waals surface area contributed by atoms with Gasteiger partial charge in [-0.05, 0) is 18.4 Å². The largest absolute Gasteiger partial charge is 0.368 e. The minimum atomic E-state index is -0.866. The van der Waals surface area contributed by atoms with Crippen LogP contribution in [0.1, 0.15) is 43.7 Å². The summed E-state index contributed by atoms with van der Waals surface area (Å²) >= 11 is 0. The fourth-order valence-electron chi connectivity index (χ4n) is 3.70. The first-order chi connectivity index (χ1) is 11.6. The molecule has 2 fully saturated rings. The number of carbonyl (C=O) groups excluding carboxylic acids is 3. The summed E-state index contributed by atoms with van der Waals surface area (Å²) in [6.45, 7) is 0.440. The lowest BCUT2D eigenvalue weighted by atomic mass is 10.0. The molecule has 1 aromatic rings. The Bertz CT molecular complexity index is 626. The highest BCUT2D eigenvalue weighted by Crippen LogP contribution is 2.29. The van der Waals surface area contributed by atoms with Crippen LogP contribution in [-0.2, 0) is 14.4 Å². The van der Waals surface area contributed by atoms with Gasteiger partial charge in [0.15, 0.2) is 0 Å². The number of rotatable bonds is 5. The first-order valence-electron chi connectivity index (χ1n) is 8.50. The molecular formula is C18H23N3O3. The van der Waals surface area contributed by atoms with Crippen LogP contribution in [0.3, 0.4) is 0 Å². The molecule has 128 valence electrons. The molecule has 2 aliphatic rings. The predicted octanol–water partition coefficient (Wildman–Crippen LogP) is 1.12. The zero-order valence-corrected chi connectivity index (χ0v) is 13.6. The molecule has 3 rings (SSSR count). The molecule has 1 saturated carbocycles. The topological polar surface area (TPSA) is 92.5 Å². The van der Waals surface area contributed by atoms with Crippen molar-refractivity contribution < 1.29 is 14.4 Å². The number of primary amides is 1. The van der Waals surface area contributed by atoms with Crippen molar-refractivity contribution in [1.82, 2.24) is 10.2 Å². The summed E-state index contributed by atoms with van der Waals surface area (Å²) in [6, 6.07) is 8.32. The molecule has 2 atom stereocenters. The molecule has 1 aliphatic carbocycles. The highest BCUT2D eigenvalue weighted by atomic mass is 16.2. The molecule has 3 amide bonds. The number of likely N-dealkylation sites (tertiary alicyclic amines) is 1. The van der Waals surface area contributed by atoms with Crippen molar-refractivity contribution in [3.05, 3.63) is 35.9 Å². The number of benzene rings is 1. The van der Waals surface area contributed by atoms with Crippen LogP contribution in [0, 0.1) is 5.92 Å². The van der Waals surface area contributed by atoms with E-state index in [1.165, 1.54) is 0 Å². The first kappa shape index (κ1) is 16.5. The van der Waals surface area contributed by atoms with Gasteiger partial charge in [-0.3, -0.25) is 14.4 Å². The Hall–Kier alpha value is -2.37. The third-order valence-corrected chi connectivity index (χ3v) is 5.00. The van der Waals surface area contributed by atoms with Crippen LogP contribution in [0.4, 0.5) is 0 Å². The van der Waals surface area contributed by atoms with Gasteiger partial charge >= 0.3 is 0 Å². The lowest BCUT2D eigenvalue weighted by Crippen LogP contribution is -2.41. The van der Waals surface area contributed by atoms with Crippen molar-refractivity contribution in [2.24, 2.45) is 11.7 Å². The Morgan fingerprint density at radius 1 is 1.17 bits per heavy atom. The Kier molecular flexibility index (Phi) is 4.83. The average Bonchev–Trinajstić information content (AvgIpc) is 3.22. The van der Waals surface area contributed by atoms with Gasteiger partial charge < -0.3 is 16.0 Å². The smallest absolute Gasteiger partial charge is 0.244 e. The summed E-state index contributed by atoms with van der Waals surface area (Å²) in [7, 11) is 0. The molecule has 3 N–H and O–H groups in total. The number of carbonyl (C=O) groups is 3. The van der Waals surface area contributed by atoms with Gasteiger partial charge in [-0.25, -0.2) is 0 Å². The van der Waals surface area contributed by atoms with Crippen molar-refractivity contribution in [2.45, 2.75) is 44.2 Å². The molecule has 0 unspecified atom stereocenters. The summed E-state index contributed by atoms with van der Waals surface area (Å²) in [5.74, 6) is -1.26. The van der Waals surface area contributed by atoms with E-state index in [1.807, 2.05) is 11.0 Å². The molecule has 0 bridgehead atoms. The van der Waals surface area contributed by atoms with Gasteiger partial charge in [-0.1, -0.05) is 43.2 Å². The second-order valence-corrected chi connectivity index (χ2v) is 6.64. The van der Waals surface area contributed by atoms with Crippen LogP contribution in [-0.4, -0.2) is 35.2 Å². The molecule has 1 saturated heterocycles. The van der Waals surface area contributed by atoms with Crippen molar-refractivity contribution in [3.8, 4) is 0 Å². The van der Waals surface area contributed by atoms with Crippen LogP contribution in [0.2, 0.25) is 0 Å². The van der Waals surface area contributed by atoms with E-state index in [0.29, 0.717) is 12.1 Å². The van der Waals surface area contributed by atoms with Crippen molar-refractivity contribution in [1.29, 1.82) is 0 Å². The molecule has 6 nitrogen and oxygen atoms in total. The SMILES string of the molecule is NC(=O)[C@H](NC(=O)[C@@H]1CC(=O)N(C2CCCC2)C1)c1ccccc1. The maximum Gasteiger partial charge on any atom is 0.244 e. The first-order valence-corrected chi connectivity index (χ1v) is 8.50. The zero-order valence-electron chi connectivity index (χ0n) is 13.6. The van der Waals surface area contributed by atoms with E-state index in [1.54, 1.807) is 24.3 Å². The lowest BCUT2D eigenvalue weighted by Gasteiger charge is -2.24. The minimum absolute atomic E-state index is 0.0392. The number of nitrogens with two attached hydrogens (primary N) is 1. The number of amides is 3. The molecular weight excluding hydrogens is 306 g/mol. The van der Waals surface area contributed by atoms with Crippen LogP contribution in [0.5, 0.6) is 0 Å². The van der Waals surface area contributed by atoms with Crippen LogP contribution in [0.25, 0.3) is 0 Å². The molecule has 1 aromatic carbocycles. The molecule has 24 heavy (non-hydrogen) atoms. The van der Waals surface area contributed by atoms with E-state index >= 15 is 0 Å². The molecule has 1 heterocycles. The van der Waals surface area contributed by atoms with E-state index in [0.717, 1.165) is 25.7 Å². The maximum absolute atomic E-state index is 12.5. The second kappa shape index (κ2) is 7.03. The number of nitrogens with zero attached hydrogens (tertiary/aromatic N) is 1. The highest BCUT2D eigenvalue weighted by Gasteiger charge is 2.39. The van der Waals surface area contributed by atoms with E-state index in [4.69, 9.17) is 5.73 Å². The van der Waals surface area contributed by atoms with E-state index in [9.17, 15) is 14.4 Å². The molecule has 1 aliphatic heterocycles. The molecule has 6 heteroatoms. The number of nitrogens with one attached hydrogen (secondary N) is 1. The van der Waals surface area contributed by atoms with Crippen LogP contribution < -0.4 is 11.1 Å².